The van der Waals surface area contributed by atoms with Gasteiger partial charge in [0.25, 0.3) is 0 Å². The summed E-state index contributed by atoms with van der Waals surface area (Å²) >= 11 is 1.87. The highest BCUT2D eigenvalue weighted by Gasteiger charge is 2.39. The summed E-state index contributed by atoms with van der Waals surface area (Å²) in [5.41, 5.74) is 1.78. The maximum Gasteiger partial charge on any atom is 0.245 e. The standard InChI is InChI=1S/C30H43NO3S/c1-10-13-22-19-27(35-25(22)16-17-28(33)31(8)9)30(11-2,12-3)23-14-15-24(21(4)18-23)34-20-26(32)29(5,6)7/h10,13-19,22,25H,11-12,20H2,1-9H3/b13-10-,17-16+. The topological polar surface area (TPSA) is 46.6 Å². The van der Waals surface area contributed by atoms with Crippen molar-refractivity contribution in [2.75, 3.05) is 20.7 Å². The van der Waals surface area contributed by atoms with Gasteiger partial charge < -0.3 is 9.64 Å². The maximum atomic E-state index is 12.3. The van der Waals surface area contributed by atoms with Crippen molar-refractivity contribution in [3.8, 4) is 5.75 Å². The van der Waals surface area contributed by atoms with Crippen LogP contribution in [0.1, 0.15) is 65.5 Å². The number of ketones is 1. The van der Waals surface area contributed by atoms with Crippen molar-refractivity contribution in [1.29, 1.82) is 0 Å². The van der Waals surface area contributed by atoms with E-state index in [2.05, 4.69) is 44.2 Å². The summed E-state index contributed by atoms with van der Waals surface area (Å²) in [4.78, 5) is 27.4. The fraction of sp³-hybridized carbons (Fsp3) is 0.533. The molecule has 2 atom stereocenters. The number of amides is 1. The van der Waals surface area contributed by atoms with Crippen LogP contribution < -0.4 is 4.74 Å². The Morgan fingerprint density at radius 3 is 2.29 bits per heavy atom. The van der Waals surface area contributed by atoms with Crippen molar-refractivity contribution >= 4 is 23.5 Å². The number of benzene rings is 1. The minimum atomic E-state index is -0.411. The largest absolute Gasteiger partial charge is 0.486 e. The number of hydrogen-bond acceptors (Lipinski definition) is 4. The predicted molar refractivity (Wildman–Crippen MR) is 149 cm³/mol. The van der Waals surface area contributed by atoms with E-state index >= 15 is 0 Å². The van der Waals surface area contributed by atoms with Gasteiger partial charge in [0.05, 0.1) is 0 Å². The fourth-order valence-electron chi connectivity index (χ4n) is 4.31. The highest BCUT2D eigenvalue weighted by molar-refractivity contribution is 8.04. The molecule has 0 bridgehead atoms. The van der Waals surface area contributed by atoms with Crippen molar-refractivity contribution in [3.05, 3.63) is 64.6 Å². The molecular weight excluding hydrogens is 454 g/mol. The minimum absolute atomic E-state index is 0.00619. The van der Waals surface area contributed by atoms with Gasteiger partial charge in [0.2, 0.25) is 5.91 Å². The molecule has 192 valence electrons. The second-order valence-electron chi connectivity index (χ2n) is 10.5. The van der Waals surface area contributed by atoms with Crippen molar-refractivity contribution in [3.63, 3.8) is 0 Å². The molecule has 2 unspecified atom stereocenters. The quantitative estimate of drug-likeness (QED) is 0.261. The molecule has 4 nitrogen and oxygen atoms in total. The molecule has 1 amide bonds. The van der Waals surface area contributed by atoms with Crippen molar-refractivity contribution < 1.29 is 14.3 Å². The summed E-state index contributed by atoms with van der Waals surface area (Å²) < 4.78 is 5.90. The first-order valence-corrected chi connectivity index (χ1v) is 13.5. The van der Waals surface area contributed by atoms with Gasteiger partial charge in [0.15, 0.2) is 5.78 Å². The molecule has 0 saturated carbocycles. The summed E-state index contributed by atoms with van der Waals surface area (Å²) in [6, 6.07) is 6.38. The predicted octanol–water partition coefficient (Wildman–Crippen LogP) is 6.88. The number of rotatable bonds is 10. The second-order valence-corrected chi connectivity index (χ2v) is 11.8. The Kier molecular flexibility index (Phi) is 10.0. The van der Waals surface area contributed by atoms with Crippen LogP contribution in [0.5, 0.6) is 5.75 Å². The molecule has 0 saturated heterocycles. The van der Waals surface area contributed by atoms with E-state index in [0.29, 0.717) is 0 Å². The van der Waals surface area contributed by atoms with E-state index in [1.165, 1.54) is 10.5 Å². The minimum Gasteiger partial charge on any atom is -0.486 e. The van der Waals surface area contributed by atoms with Gasteiger partial charge in [-0.2, -0.15) is 0 Å². The number of carbonyl (C=O) groups is 2. The molecule has 0 spiro atoms. The zero-order valence-electron chi connectivity index (χ0n) is 23.0. The van der Waals surface area contributed by atoms with E-state index in [1.54, 1.807) is 25.1 Å². The van der Waals surface area contributed by atoms with Crippen LogP contribution in [0.25, 0.3) is 0 Å². The number of likely N-dealkylation sites (N-methyl/N-ethyl adjacent to an activating group) is 1. The molecule has 1 aromatic carbocycles. The SMILES string of the molecule is C/C=C\C1C=C(C(CC)(CC)c2ccc(OCC(=O)C(C)(C)C)c(C)c2)SC1/C=C/C(=O)N(C)C. The number of nitrogens with zero attached hydrogens (tertiary/aromatic N) is 1. The van der Waals surface area contributed by atoms with Gasteiger partial charge in [-0.25, -0.2) is 0 Å². The number of ether oxygens (including phenoxy) is 1. The Hall–Kier alpha value is -2.27. The van der Waals surface area contributed by atoms with Gasteiger partial charge >= 0.3 is 0 Å². The van der Waals surface area contributed by atoms with Crippen LogP contribution in [-0.4, -0.2) is 42.5 Å². The Morgan fingerprint density at radius 1 is 1.11 bits per heavy atom. The van der Waals surface area contributed by atoms with E-state index < -0.39 is 5.41 Å². The number of allylic oxidation sites excluding steroid dienone is 4. The van der Waals surface area contributed by atoms with Gasteiger partial charge in [0.1, 0.15) is 12.4 Å². The van der Waals surface area contributed by atoms with E-state index in [1.807, 2.05) is 58.5 Å². The van der Waals surface area contributed by atoms with Crippen molar-refractivity contribution in [2.24, 2.45) is 11.3 Å². The molecule has 0 aliphatic carbocycles. The molecular formula is C30H43NO3S. The number of hydrogen-bond donors (Lipinski definition) is 0. The monoisotopic (exact) mass is 497 g/mol. The molecule has 1 heterocycles. The lowest BCUT2D eigenvalue weighted by molar-refractivity contribution is -0.128. The average Bonchev–Trinajstić information content (AvgIpc) is 3.20. The zero-order chi connectivity index (χ0) is 26.4. The first kappa shape index (κ1) is 29.0. The molecule has 2 rings (SSSR count). The van der Waals surface area contributed by atoms with E-state index in [-0.39, 0.29) is 34.9 Å². The third-order valence-corrected chi connectivity index (χ3v) is 8.40. The van der Waals surface area contributed by atoms with Crippen LogP contribution in [-0.2, 0) is 15.0 Å². The number of aryl methyl sites for hydroxylation is 1. The average molecular weight is 498 g/mol. The molecule has 0 radical (unpaired) electrons. The lowest BCUT2D eigenvalue weighted by Crippen LogP contribution is -2.27. The third-order valence-electron chi connectivity index (χ3n) is 6.87. The molecule has 0 aromatic heterocycles. The third kappa shape index (κ3) is 6.91. The maximum absolute atomic E-state index is 12.3. The van der Waals surface area contributed by atoms with E-state index in [4.69, 9.17) is 4.74 Å². The Balaban J connectivity index is 2.35. The van der Waals surface area contributed by atoms with Crippen molar-refractivity contribution in [1.82, 2.24) is 4.90 Å². The molecule has 1 aliphatic heterocycles. The molecule has 1 aromatic rings. The molecule has 1 aliphatic rings. The Morgan fingerprint density at radius 2 is 1.77 bits per heavy atom. The van der Waals surface area contributed by atoms with Gasteiger partial charge in [-0.15, -0.1) is 11.8 Å². The summed E-state index contributed by atoms with van der Waals surface area (Å²) in [5, 5.41) is 0.190. The van der Waals surface area contributed by atoms with Gasteiger partial charge in [-0.1, -0.05) is 71.1 Å². The lowest BCUT2D eigenvalue weighted by Gasteiger charge is -2.34. The Labute approximate surface area is 216 Å². The molecule has 5 heteroatoms. The fourth-order valence-corrected chi connectivity index (χ4v) is 5.95. The zero-order valence-corrected chi connectivity index (χ0v) is 23.8. The van der Waals surface area contributed by atoms with Gasteiger partial charge in [0, 0.05) is 42.2 Å². The summed E-state index contributed by atoms with van der Waals surface area (Å²) in [7, 11) is 3.55. The number of thioether (sulfide) groups is 1. The van der Waals surface area contributed by atoms with Crippen LogP contribution in [0, 0.1) is 18.3 Å². The van der Waals surface area contributed by atoms with Gasteiger partial charge in [-0.05, 0) is 48.8 Å². The summed E-state index contributed by atoms with van der Waals surface area (Å²) in [6.45, 7) is 14.4. The lowest BCUT2D eigenvalue weighted by atomic mass is 9.74. The number of Topliss-reactive ketones (excluding diaryl/α,β-unsaturated/α-hetero) is 1. The first-order chi connectivity index (χ1) is 16.4. The highest BCUT2D eigenvalue weighted by atomic mass is 32.2. The normalized spacial score (nSPS) is 18.8. The van der Waals surface area contributed by atoms with Crippen LogP contribution >= 0.6 is 11.8 Å². The van der Waals surface area contributed by atoms with Crippen LogP contribution in [0.4, 0.5) is 0 Å². The molecule has 0 N–H and O–H groups in total. The number of carbonyl (C=O) groups excluding carboxylic acids is 2. The summed E-state index contributed by atoms with van der Waals surface area (Å²) in [6.07, 6.45) is 12.4. The van der Waals surface area contributed by atoms with Crippen molar-refractivity contribution in [2.45, 2.75) is 72.0 Å². The van der Waals surface area contributed by atoms with E-state index in [9.17, 15) is 9.59 Å². The second kappa shape index (κ2) is 12.1. The van der Waals surface area contributed by atoms with Gasteiger partial charge in [-0.3, -0.25) is 9.59 Å². The van der Waals surface area contributed by atoms with Crippen LogP contribution in [0.15, 0.2) is 53.5 Å². The first-order valence-electron chi connectivity index (χ1n) is 12.6. The van der Waals surface area contributed by atoms with E-state index in [0.717, 1.165) is 24.2 Å². The van der Waals surface area contributed by atoms with Crippen LogP contribution in [0.3, 0.4) is 0 Å². The highest BCUT2D eigenvalue weighted by Crippen LogP contribution is 2.52. The Bertz CT molecular complexity index is 993. The molecule has 0 fully saturated rings. The molecule has 35 heavy (non-hydrogen) atoms. The summed E-state index contributed by atoms with van der Waals surface area (Å²) in [5.74, 6) is 1.10. The smallest absolute Gasteiger partial charge is 0.245 e. The van der Waals surface area contributed by atoms with Crippen LogP contribution in [0.2, 0.25) is 0 Å².